The number of nitro groups is 1. The van der Waals surface area contributed by atoms with Crippen molar-refractivity contribution in [1.82, 2.24) is 4.98 Å². The molecule has 134 valence electrons. The molecular weight excluding hydrogens is 360 g/mol. The minimum Gasteiger partial charge on any atom is -0.354 e. The van der Waals surface area contributed by atoms with Crippen LogP contribution in [0.15, 0.2) is 78.9 Å². The number of benzene rings is 3. The quantitative estimate of drug-likeness (QED) is 0.348. The fraction of sp³-hybridized carbons (Fsp3) is 0.0909. The molecule has 5 heteroatoms. The second-order valence-corrected chi connectivity index (χ2v) is 6.88. The lowest BCUT2D eigenvalue weighted by Crippen LogP contribution is -2.14. The summed E-state index contributed by atoms with van der Waals surface area (Å²) >= 11 is 6.03. The molecule has 0 saturated carbocycles. The van der Waals surface area contributed by atoms with Gasteiger partial charge in [-0.2, -0.15) is 0 Å². The smallest absolute Gasteiger partial charge is 0.214 e. The van der Waals surface area contributed by atoms with E-state index in [2.05, 4.69) is 4.98 Å². The largest absolute Gasteiger partial charge is 0.354 e. The molecule has 0 saturated heterocycles. The van der Waals surface area contributed by atoms with Crippen molar-refractivity contribution in [2.75, 3.05) is 6.54 Å². The molecule has 0 amide bonds. The Hall–Kier alpha value is -3.11. The summed E-state index contributed by atoms with van der Waals surface area (Å²) in [6.45, 7) is -0.191. The van der Waals surface area contributed by atoms with Gasteiger partial charge in [0.15, 0.2) is 0 Å². The number of halogens is 1. The van der Waals surface area contributed by atoms with Crippen molar-refractivity contribution < 1.29 is 4.92 Å². The summed E-state index contributed by atoms with van der Waals surface area (Å²) in [5, 5.41) is 13.1. The number of H-pyrrole nitrogens is 1. The number of aromatic nitrogens is 1. The lowest BCUT2D eigenvalue weighted by Gasteiger charge is -2.16. The second kappa shape index (κ2) is 7.25. The summed E-state index contributed by atoms with van der Waals surface area (Å²) in [6.07, 6.45) is 0. The van der Waals surface area contributed by atoms with Gasteiger partial charge in [0, 0.05) is 20.8 Å². The molecule has 3 aromatic carbocycles. The molecule has 0 spiro atoms. The van der Waals surface area contributed by atoms with Gasteiger partial charge in [-0.05, 0) is 34.9 Å². The summed E-state index contributed by atoms with van der Waals surface area (Å²) in [7, 11) is 0. The van der Waals surface area contributed by atoms with E-state index in [0.29, 0.717) is 5.02 Å². The topological polar surface area (TPSA) is 58.9 Å². The van der Waals surface area contributed by atoms with Crippen molar-refractivity contribution in [3.05, 3.63) is 105 Å². The highest BCUT2D eigenvalue weighted by atomic mass is 35.5. The van der Waals surface area contributed by atoms with Crippen LogP contribution >= 0.6 is 11.6 Å². The maximum Gasteiger partial charge on any atom is 0.214 e. The number of hydrogen-bond acceptors (Lipinski definition) is 2. The Morgan fingerprint density at radius 2 is 1.59 bits per heavy atom. The van der Waals surface area contributed by atoms with Crippen molar-refractivity contribution in [1.29, 1.82) is 0 Å². The number of para-hydroxylation sites is 1. The van der Waals surface area contributed by atoms with Crippen molar-refractivity contribution in [3.8, 4) is 11.3 Å². The van der Waals surface area contributed by atoms with Crippen LogP contribution in [0.3, 0.4) is 0 Å². The van der Waals surface area contributed by atoms with Gasteiger partial charge in [-0.25, -0.2) is 0 Å². The molecule has 4 aromatic rings. The zero-order valence-electron chi connectivity index (χ0n) is 14.4. The van der Waals surface area contributed by atoms with Gasteiger partial charge >= 0.3 is 0 Å². The molecule has 1 N–H and O–H groups in total. The summed E-state index contributed by atoms with van der Waals surface area (Å²) in [6, 6.07) is 25.1. The second-order valence-electron chi connectivity index (χ2n) is 6.44. The number of nitrogens with zero attached hydrogens (tertiary/aromatic N) is 1. The Bertz CT molecular complexity index is 1090. The van der Waals surface area contributed by atoms with E-state index >= 15 is 0 Å². The third-order valence-electron chi connectivity index (χ3n) is 4.76. The van der Waals surface area contributed by atoms with E-state index in [1.807, 2.05) is 66.7 Å². The maximum absolute atomic E-state index is 11.5. The van der Waals surface area contributed by atoms with Crippen LogP contribution in [0, 0.1) is 10.1 Å². The van der Waals surface area contributed by atoms with Gasteiger partial charge in [0.25, 0.3) is 0 Å². The van der Waals surface area contributed by atoms with Crippen LogP contribution in [0.5, 0.6) is 0 Å². The predicted molar refractivity (Wildman–Crippen MR) is 109 cm³/mol. The molecule has 27 heavy (non-hydrogen) atoms. The van der Waals surface area contributed by atoms with E-state index in [9.17, 15) is 10.1 Å². The third-order valence-corrected chi connectivity index (χ3v) is 5.01. The van der Waals surface area contributed by atoms with Crippen molar-refractivity contribution in [3.63, 3.8) is 0 Å². The van der Waals surface area contributed by atoms with Gasteiger partial charge in [0.1, 0.15) is 0 Å². The van der Waals surface area contributed by atoms with Crippen molar-refractivity contribution in [2.24, 2.45) is 0 Å². The number of rotatable bonds is 5. The Kier molecular flexibility index (Phi) is 4.65. The molecule has 0 bridgehead atoms. The van der Waals surface area contributed by atoms with Gasteiger partial charge in [-0.3, -0.25) is 10.1 Å². The minimum atomic E-state index is -0.386. The first kappa shape index (κ1) is 17.3. The molecule has 4 rings (SSSR count). The Labute approximate surface area is 161 Å². The predicted octanol–water partition coefficient (Wildman–Crippen LogP) is 5.90. The molecule has 0 fully saturated rings. The lowest BCUT2D eigenvalue weighted by atomic mass is 9.87. The summed E-state index contributed by atoms with van der Waals surface area (Å²) in [5.74, 6) is -0.386. The molecule has 0 aliphatic heterocycles. The van der Waals surface area contributed by atoms with Gasteiger partial charge in [0.2, 0.25) is 6.54 Å². The van der Waals surface area contributed by atoms with E-state index in [0.717, 1.165) is 33.3 Å². The summed E-state index contributed by atoms with van der Waals surface area (Å²) in [5.41, 5.74) is 4.70. The molecule has 1 heterocycles. The summed E-state index contributed by atoms with van der Waals surface area (Å²) in [4.78, 5) is 14.7. The Morgan fingerprint density at radius 1 is 0.926 bits per heavy atom. The standard InChI is InChI=1S/C22H17ClN2O2/c23-17-12-10-15(11-13-17)19(14-25(26)27)21-18-8-4-5-9-20(18)24-22(21)16-6-2-1-3-7-16/h1-13,19,24H,14H2/t19-/m0/s1. The van der Waals surface area contributed by atoms with E-state index in [1.165, 1.54) is 0 Å². The van der Waals surface area contributed by atoms with Crippen LogP contribution in [0.25, 0.3) is 22.2 Å². The van der Waals surface area contributed by atoms with Crippen LogP contribution in [0.4, 0.5) is 0 Å². The molecule has 1 aromatic heterocycles. The van der Waals surface area contributed by atoms with Gasteiger partial charge in [-0.1, -0.05) is 72.3 Å². The average molecular weight is 377 g/mol. The minimum absolute atomic E-state index is 0.191. The number of aromatic amines is 1. The van der Waals surface area contributed by atoms with Gasteiger partial charge < -0.3 is 4.98 Å². The molecule has 0 radical (unpaired) electrons. The van der Waals surface area contributed by atoms with Crippen LogP contribution in [-0.4, -0.2) is 16.5 Å². The van der Waals surface area contributed by atoms with Crippen LogP contribution in [0.1, 0.15) is 17.0 Å². The molecule has 4 nitrogen and oxygen atoms in total. The summed E-state index contributed by atoms with van der Waals surface area (Å²) < 4.78 is 0. The van der Waals surface area contributed by atoms with Crippen LogP contribution < -0.4 is 0 Å². The van der Waals surface area contributed by atoms with Crippen LogP contribution in [-0.2, 0) is 0 Å². The zero-order chi connectivity index (χ0) is 18.8. The average Bonchev–Trinajstić information content (AvgIpc) is 3.07. The van der Waals surface area contributed by atoms with Crippen molar-refractivity contribution in [2.45, 2.75) is 5.92 Å². The van der Waals surface area contributed by atoms with E-state index in [4.69, 9.17) is 11.6 Å². The molecule has 0 aliphatic carbocycles. The van der Waals surface area contributed by atoms with E-state index in [1.54, 1.807) is 12.1 Å². The number of hydrogen-bond donors (Lipinski definition) is 1. The molecule has 0 aliphatic rings. The van der Waals surface area contributed by atoms with E-state index < -0.39 is 0 Å². The number of fused-ring (bicyclic) bond motifs is 1. The Morgan fingerprint density at radius 3 is 2.30 bits per heavy atom. The fourth-order valence-electron chi connectivity index (χ4n) is 3.57. The van der Waals surface area contributed by atoms with Gasteiger partial charge in [-0.15, -0.1) is 0 Å². The highest BCUT2D eigenvalue weighted by Crippen LogP contribution is 2.39. The normalized spacial score (nSPS) is 12.2. The van der Waals surface area contributed by atoms with Gasteiger partial charge in [0.05, 0.1) is 11.6 Å². The lowest BCUT2D eigenvalue weighted by molar-refractivity contribution is -0.481. The van der Waals surface area contributed by atoms with E-state index in [-0.39, 0.29) is 17.4 Å². The first-order valence-electron chi connectivity index (χ1n) is 8.67. The first-order chi connectivity index (χ1) is 13.1. The first-order valence-corrected chi connectivity index (χ1v) is 9.04. The number of nitrogens with one attached hydrogen (secondary N) is 1. The fourth-order valence-corrected chi connectivity index (χ4v) is 3.69. The molecule has 1 atom stereocenters. The van der Waals surface area contributed by atoms with Crippen LogP contribution in [0.2, 0.25) is 5.02 Å². The highest BCUT2D eigenvalue weighted by molar-refractivity contribution is 6.30. The molecular formula is C22H17ClN2O2. The molecule has 0 unspecified atom stereocenters. The maximum atomic E-state index is 11.5. The Balaban J connectivity index is 1.98. The zero-order valence-corrected chi connectivity index (χ0v) is 15.2. The monoisotopic (exact) mass is 376 g/mol. The SMILES string of the molecule is O=[N+]([O-])C[C@@H](c1ccc(Cl)cc1)c1c(-c2ccccc2)[nH]c2ccccc12. The highest BCUT2D eigenvalue weighted by Gasteiger charge is 2.27. The van der Waals surface area contributed by atoms with Crippen molar-refractivity contribution >= 4 is 22.5 Å². The third kappa shape index (κ3) is 3.44.